The number of anilines is 1. The minimum Gasteiger partial charge on any atom is -0.444 e. The molecule has 2 aromatic carbocycles. The van der Waals surface area contributed by atoms with Crippen LogP contribution in [0.2, 0.25) is 0 Å². The monoisotopic (exact) mass is 403 g/mol. The third-order valence-corrected chi connectivity index (χ3v) is 5.44. The lowest BCUT2D eigenvalue weighted by molar-refractivity contribution is 0.142. The van der Waals surface area contributed by atoms with Crippen molar-refractivity contribution in [1.82, 2.24) is 0 Å². The summed E-state index contributed by atoms with van der Waals surface area (Å²) in [5.41, 5.74) is 2.20. The summed E-state index contributed by atoms with van der Waals surface area (Å²) in [5, 5.41) is 0. The second kappa shape index (κ2) is 6.79. The molecular weight excluding hydrogens is 385 g/mol. The van der Waals surface area contributed by atoms with Crippen LogP contribution in [0.4, 0.5) is 14.9 Å². The van der Waals surface area contributed by atoms with Gasteiger partial charge in [-0.1, -0.05) is 46.3 Å². The van der Waals surface area contributed by atoms with Gasteiger partial charge >= 0.3 is 6.09 Å². The Balaban J connectivity index is 1.61. The van der Waals surface area contributed by atoms with Gasteiger partial charge in [0, 0.05) is 16.1 Å². The highest BCUT2D eigenvalue weighted by molar-refractivity contribution is 9.10. The second-order valence-corrected chi connectivity index (χ2v) is 7.65. The van der Waals surface area contributed by atoms with Gasteiger partial charge in [0.2, 0.25) is 0 Å². The van der Waals surface area contributed by atoms with Crippen LogP contribution in [0.15, 0.2) is 46.9 Å². The molecule has 1 amide bonds. The van der Waals surface area contributed by atoms with Crippen molar-refractivity contribution >= 4 is 27.7 Å². The summed E-state index contributed by atoms with van der Waals surface area (Å²) >= 11 is 3.35. The van der Waals surface area contributed by atoms with Crippen LogP contribution in [0.5, 0.6) is 0 Å². The lowest BCUT2D eigenvalue weighted by Crippen LogP contribution is -2.45. The maximum atomic E-state index is 14.4. The van der Waals surface area contributed by atoms with Gasteiger partial charge in [-0.3, -0.25) is 4.90 Å². The Morgan fingerprint density at radius 3 is 2.68 bits per heavy atom. The molecule has 0 bridgehead atoms. The van der Waals surface area contributed by atoms with Crippen molar-refractivity contribution in [3.05, 3.63) is 63.9 Å². The van der Waals surface area contributed by atoms with Crippen molar-refractivity contribution in [1.29, 1.82) is 0 Å². The number of hydrogen-bond acceptors (Lipinski definition) is 2. The molecule has 0 radical (unpaired) electrons. The van der Waals surface area contributed by atoms with E-state index in [1.165, 1.54) is 6.07 Å². The SMILES string of the molecule is O=C(OCc1ccccc1)N1c2cc(Br)cc(F)c2CCC1C1CC1. The lowest BCUT2D eigenvalue weighted by atomic mass is 9.93. The van der Waals surface area contributed by atoms with Crippen LogP contribution in [0.1, 0.15) is 30.4 Å². The number of carbonyl (C=O) groups excluding carboxylic acids is 1. The molecule has 0 N–H and O–H groups in total. The fourth-order valence-corrected chi connectivity index (χ4v) is 4.02. The van der Waals surface area contributed by atoms with E-state index in [-0.39, 0.29) is 24.6 Å². The molecule has 3 nitrogen and oxygen atoms in total. The van der Waals surface area contributed by atoms with Gasteiger partial charge < -0.3 is 4.74 Å². The maximum absolute atomic E-state index is 14.4. The Bertz CT molecular complexity index is 792. The highest BCUT2D eigenvalue weighted by Crippen LogP contribution is 2.44. The number of ether oxygens (including phenoxy) is 1. The number of fused-ring (bicyclic) bond motifs is 1. The maximum Gasteiger partial charge on any atom is 0.414 e. The van der Waals surface area contributed by atoms with Gasteiger partial charge in [0.05, 0.1) is 5.69 Å². The zero-order valence-corrected chi connectivity index (χ0v) is 15.3. The first-order chi connectivity index (χ1) is 12.1. The molecule has 25 heavy (non-hydrogen) atoms. The molecule has 5 heteroatoms. The fraction of sp³-hybridized carbons (Fsp3) is 0.350. The third-order valence-electron chi connectivity index (χ3n) is 4.99. The summed E-state index contributed by atoms with van der Waals surface area (Å²) < 4.78 is 20.6. The van der Waals surface area contributed by atoms with E-state index in [9.17, 15) is 9.18 Å². The molecule has 0 aromatic heterocycles. The first kappa shape index (κ1) is 16.6. The van der Waals surface area contributed by atoms with E-state index < -0.39 is 0 Å². The van der Waals surface area contributed by atoms with Crippen LogP contribution in [-0.2, 0) is 17.8 Å². The van der Waals surface area contributed by atoms with Crippen LogP contribution < -0.4 is 4.90 Å². The van der Waals surface area contributed by atoms with Crippen molar-refractivity contribution < 1.29 is 13.9 Å². The second-order valence-electron chi connectivity index (χ2n) is 6.74. The largest absolute Gasteiger partial charge is 0.444 e. The van der Waals surface area contributed by atoms with Crippen molar-refractivity contribution in [2.75, 3.05) is 4.90 Å². The summed E-state index contributed by atoms with van der Waals surface area (Å²) in [7, 11) is 0. The predicted molar refractivity (Wildman–Crippen MR) is 98.0 cm³/mol. The quantitative estimate of drug-likeness (QED) is 0.680. The number of benzene rings is 2. The highest BCUT2D eigenvalue weighted by Gasteiger charge is 2.42. The molecule has 1 saturated carbocycles. The number of halogens is 2. The highest BCUT2D eigenvalue weighted by atomic mass is 79.9. The summed E-state index contributed by atoms with van der Waals surface area (Å²) in [6.45, 7) is 0.222. The Hall–Kier alpha value is -1.88. The number of amides is 1. The Morgan fingerprint density at radius 1 is 1.20 bits per heavy atom. The van der Waals surface area contributed by atoms with Crippen molar-refractivity contribution in [3.63, 3.8) is 0 Å². The molecular formula is C20H19BrFNO2. The zero-order valence-electron chi connectivity index (χ0n) is 13.8. The molecule has 130 valence electrons. The van der Waals surface area contributed by atoms with E-state index in [2.05, 4.69) is 15.9 Å². The fourth-order valence-electron chi connectivity index (χ4n) is 3.60. The van der Waals surface area contributed by atoms with Crippen LogP contribution in [0.25, 0.3) is 0 Å². The van der Waals surface area contributed by atoms with Gasteiger partial charge in [0.15, 0.2) is 0 Å². The van der Waals surface area contributed by atoms with Gasteiger partial charge in [0.25, 0.3) is 0 Å². The normalized spacial score (nSPS) is 19.4. The zero-order chi connectivity index (χ0) is 17.4. The average molecular weight is 404 g/mol. The molecule has 1 aliphatic carbocycles. The topological polar surface area (TPSA) is 29.5 Å². The van der Waals surface area contributed by atoms with E-state index in [1.54, 1.807) is 4.90 Å². The standard InChI is InChI=1S/C20H19BrFNO2/c21-15-10-17(22)16-8-9-18(14-6-7-14)23(19(16)11-15)20(24)25-12-13-4-2-1-3-5-13/h1-5,10-11,14,18H,6-9,12H2. The molecule has 0 spiro atoms. The Kier molecular flexibility index (Phi) is 4.50. The van der Waals surface area contributed by atoms with Crippen molar-refractivity contribution in [3.8, 4) is 0 Å². The number of carbonyl (C=O) groups is 1. The molecule has 4 rings (SSSR count). The minimum absolute atomic E-state index is 0.101. The molecule has 2 aromatic rings. The van der Waals surface area contributed by atoms with Gasteiger partial charge in [-0.25, -0.2) is 9.18 Å². The van der Waals surface area contributed by atoms with Crippen LogP contribution >= 0.6 is 15.9 Å². The van der Waals surface area contributed by atoms with Gasteiger partial charge in [-0.2, -0.15) is 0 Å². The number of rotatable bonds is 3. The molecule has 1 aliphatic heterocycles. The summed E-state index contributed by atoms with van der Waals surface area (Å²) in [6, 6.07) is 13.0. The van der Waals surface area contributed by atoms with Gasteiger partial charge in [-0.05, 0) is 49.3 Å². The van der Waals surface area contributed by atoms with E-state index in [4.69, 9.17) is 4.74 Å². The molecule has 1 fully saturated rings. The van der Waals surface area contributed by atoms with E-state index in [0.29, 0.717) is 28.1 Å². The van der Waals surface area contributed by atoms with E-state index in [0.717, 1.165) is 24.8 Å². The average Bonchev–Trinajstić information content (AvgIpc) is 3.44. The Labute approximate surface area is 154 Å². The molecule has 2 aliphatic rings. The molecule has 1 heterocycles. The Morgan fingerprint density at radius 2 is 1.96 bits per heavy atom. The van der Waals surface area contributed by atoms with Crippen LogP contribution in [-0.4, -0.2) is 12.1 Å². The van der Waals surface area contributed by atoms with Gasteiger partial charge in [0.1, 0.15) is 12.4 Å². The molecule has 1 atom stereocenters. The number of nitrogens with zero attached hydrogens (tertiary/aromatic N) is 1. The number of hydrogen-bond donors (Lipinski definition) is 0. The molecule has 0 saturated heterocycles. The smallest absolute Gasteiger partial charge is 0.414 e. The van der Waals surface area contributed by atoms with Crippen LogP contribution in [0.3, 0.4) is 0 Å². The molecule has 1 unspecified atom stereocenters. The first-order valence-corrected chi connectivity index (χ1v) is 9.40. The predicted octanol–water partition coefficient (Wildman–Crippen LogP) is 5.46. The van der Waals surface area contributed by atoms with Gasteiger partial charge in [-0.15, -0.1) is 0 Å². The lowest BCUT2D eigenvalue weighted by Gasteiger charge is -2.37. The first-order valence-electron chi connectivity index (χ1n) is 8.61. The van der Waals surface area contributed by atoms with Crippen LogP contribution in [0, 0.1) is 11.7 Å². The van der Waals surface area contributed by atoms with Crippen molar-refractivity contribution in [2.45, 2.75) is 38.3 Å². The summed E-state index contributed by atoms with van der Waals surface area (Å²) in [4.78, 5) is 14.6. The third kappa shape index (κ3) is 3.43. The summed E-state index contributed by atoms with van der Waals surface area (Å²) in [5.74, 6) is 0.235. The minimum atomic E-state index is -0.390. The van der Waals surface area contributed by atoms with Crippen molar-refractivity contribution in [2.24, 2.45) is 5.92 Å². The summed E-state index contributed by atoms with van der Waals surface area (Å²) in [6.07, 6.45) is 3.31. The van der Waals surface area contributed by atoms with E-state index in [1.807, 2.05) is 36.4 Å². The van der Waals surface area contributed by atoms with E-state index >= 15 is 0 Å².